The van der Waals surface area contributed by atoms with Crippen molar-refractivity contribution in [1.82, 2.24) is 4.90 Å². The fourth-order valence-corrected chi connectivity index (χ4v) is 3.08. The number of hydrogen-bond donors (Lipinski definition) is 0. The monoisotopic (exact) mass is 291 g/mol. The Kier molecular flexibility index (Phi) is 4.27. The number of rotatable bonds is 4. The fourth-order valence-electron chi connectivity index (χ4n) is 3.08. The standard InChI is InChI=1S/C15H21N3O3/c1-10-13(16(3)4)7-8-17(10)14-6-5-12(11(2)19)9-15(14)18(20)21/h5-6,9-10,13H,7-8H2,1-4H3/t10-,13-/m0/s1. The average molecular weight is 291 g/mol. The summed E-state index contributed by atoms with van der Waals surface area (Å²) in [6.45, 7) is 4.28. The zero-order valence-electron chi connectivity index (χ0n) is 12.9. The first-order valence-corrected chi connectivity index (χ1v) is 7.05. The number of nitro groups is 1. The van der Waals surface area contributed by atoms with Crippen LogP contribution >= 0.6 is 0 Å². The lowest BCUT2D eigenvalue weighted by Gasteiger charge is -2.29. The molecule has 21 heavy (non-hydrogen) atoms. The predicted octanol–water partition coefficient (Wildman–Crippen LogP) is 2.33. The third-order valence-electron chi connectivity index (χ3n) is 4.27. The first-order chi connectivity index (χ1) is 9.82. The van der Waals surface area contributed by atoms with Gasteiger partial charge in [0.25, 0.3) is 5.69 Å². The lowest BCUT2D eigenvalue weighted by Crippen LogP contribution is -2.40. The summed E-state index contributed by atoms with van der Waals surface area (Å²) in [5.41, 5.74) is 0.984. The Labute approximate surface area is 124 Å². The number of ketones is 1. The molecule has 0 bridgehead atoms. The molecule has 1 aromatic rings. The molecule has 2 rings (SSSR count). The molecule has 1 heterocycles. The Morgan fingerprint density at radius 1 is 1.43 bits per heavy atom. The lowest BCUT2D eigenvalue weighted by atomic mass is 10.1. The van der Waals surface area contributed by atoms with Crippen molar-refractivity contribution >= 4 is 17.2 Å². The minimum absolute atomic E-state index is 0.00829. The Morgan fingerprint density at radius 3 is 2.57 bits per heavy atom. The van der Waals surface area contributed by atoms with Gasteiger partial charge in [0, 0.05) is 30.3 Å². The molecule has 0 aliphatic carbocycles. The summed E-state index contributed by atoms with van der Waals surface area (Å²) in [5, 5.41) is 11.3. The summed E-state index contributed by atoms with van der Waals surface area (Å²) >= 11 is 0. The maximum absolute atomic E-state index is 11.4. The van der Waals surface area contributed by atoms with Gasteiger partial charge in [0.05, 0.1) is 4.92 Å². The summed E-state index contributed by atoms with van der Waals surface area (Å²) < 4.78 is 0. The second-order valence-electron chi connectivity index (χ2n) is 5.77. The fraction of sp³-hybridized carbons (Fsp3) is 0.533. The average Bonchev–Trinajstić information content (AvgIpc) is 2.79. The minimum Gasteiger partial charge on any atom is -0.362 e. The molecule has 0 radical (unpaired) electrons. The number of carbonyl (C=O) groups is 1. The van der Waals surface area contributed by atoms with E-state index in [1.807, 2.05) is 14.1 Å². The van der Waals surface area contributed by atoms with Gasteiger partial charge in [-0.15, -0.1) is 0 Å². The van der Waals surface area contributed by atoms with E-state index in [1.54, 1.807) is 12.1 Å². The van der Waals surface area contributed by atoms with Gasteiger partial charge in [-0.05, 0) is 46.5 Å². The highest BCUT2D eigenvalue weighted by molar-refractivity contribution is 5.95. The molecule has 1 saturated heterocycles. The van der Waals surface area contributed by atoms with Crippen LogP contribution in [0.5, 0.6) is 0 Å². The molecule has 1 fully saturated rings. The van der Waals surface area contributed by atoms with Crippen LogP contribution in [0.15, 0.2) is 18.2 Å². The number of nitrogens with zero attached hydrogens (tertiary/aromatic N) is 3. The van der Waals surface area contributed by atoms with Crippen molar-refractivity contribution in [3.63, 3.8) is 0 Å². The van der Waals surface area contributed by atoms with Crippen LogP contribution in [0.2, 0.25) is 0 Å². The number of carbonyl (C=O) groups excluding carboxylic acids is 1. The third-order valence-corrected chi connectivity index (χ3v) is 4.27. The molecular formula is C15H21N3O3. The first-order valence-electron chi connectivity index (χ1n) is 7.05. The molecule has 0 saturated carbocycles. The summed E-state index contributed by atoms with van der Waals surface area (Å²) in [7, 11) is 4.05. The Balaban J connectivity index is 2.40. The van der Waals surface area contributed by atoms with Gasteiger partial charge < -0.3 is 9.80 Å². The van der Waals surface area contributed by atoms with E-state index in [-0.39, 0.29) is 17.5 Å². The highest BCUT2D eigenvalue weighted by atomic mass is 16.6. The summed E-state index contributed by atoms with van der Waals surface area (Å²) in [5.74, 6) is -0.162. The van der Waals surface area contributed by atoms with Gasteiger partial charge >= 0.3 is 0 Å². The molecule has 0 unspecified atom stereocenters. The van der Waals surface area contributed by atoms with Crippen molar-refractivity contribution in [2.75, 3.05) is 25.5 Å². The van der Waals surface area contributed by atoms with E-state index in [1.165, 1.54) is 13.0 Å². The minimum atomic E-state index is -0.405. The molecule has 0 N–H and O–H groups in total. The Hall–Kier alpha value is -1.95. The van der Waals surface area contributed by atoms with Gasteiger partial charge in [0.2, 0.25) is 0 Å². The van der Waals surface area contributed by atoms with E-state index in [2.05, 4.69) is 16.7 Å². The molecule has 6 heteroatoms. The van der Waals surface area contributed by atoms with Crippen molar-refractivity contribution in [2.24, 2.45) is 0 Å². The van der Waals surface area contributed by atoms with Crippen LogP contribution in [0.4, 0.5) is 11.4 Å². The molecule has 2 atom stereocenters. The maximum atomic E-state index is 11.4. The highest BCUT2D eigenvalue weighted by Gasteiger charge is 2.35. The first kappa shape index (κ1) is 15.4. The van der Waals surface area contributed by atoms with E-state index in [0.717, 1.165) is 13.0 Å². The zero-order chi connectivity index (χ0) is 15.7. The van der Waals surface area contributed by atoms with Crippen LogP contribution in [-0.4, -0.2) is 48.3 Å². The lowest BCUT2D eigenvalue weighted by molar-refractivity contribution is -0.384. The summed E-state index contributed by atoms with van der Waals surface area (Å²) in [6, 6.07) is 5.32. The summed E-state index contributed by atoms with van der Waals surface area (Å²) in [4.78, 5) is 26.6. The van der Waals surface area contributed by atoms with Crippen molar-refractivity contribution in [1.29, 1.82) is 0 Å². The number of likely N-dealkylation sites (N-methyl/N-ethyl adjacent to an activating group) is 1. The van der Waals surface area contributed by atoms with Crippen LogP contribution in [0.1, 0.15) is 30.6 Å². The van der Waals surface area contributed by atoms with E-state index in [0.29, 0.717) is 17.3 Å². The van der Waals surface area contributed by atoms with Crippen molar-refractivity contribution in [3.8, 4) is 0 Å². The zero-order valence-corrected chi connectivity index (χ0v) is 12.9. The molecular weight excluding hydrogens is 270 g/mol. The van der Waals surface area contributed by atoms with Gasteiger partial charge in [-0.3, -0.25) is 14.9 Å². The van der Waals surface area contributed by atoms with Gasteiger partial charge in [0.15, 0.2) is 5.78 Å². The number of hydrogen-bond acceptors (Lipinski definition) is 5. The second-order valence-corrected chi connectivity index (χ2v) is 5.77. The SMILES string of the molecule is CC(=O)c1ccc(N2CC[C@H](N(C)C)[C@@H]2C)c([N+](=O)[O-])c1. The molecule has 114 valence electrons. The van der Waals surface area contributed by atoms with Crippen LogP contribution in [0.3, 0.4) is 0 Å². The van der Waals surface area contributed by atoms with Crippen LogP contribution in [0, 0.1) is 10.1 Å². The molecule has 6 nitrogen and oxygen atoms in total. The largest absolute Gasteiger partial charge is 0.362 e. The number of anilines is 1. The molecule has 0 aromatic heterocycles. The molecule has 0 spiro atoms. The van der Waals surface area contributed by atoms with E-state index >= 15 is 0 Å². The Morgan fingerprint density at radius 2 is 2.10 bits per heavy atom. The van der Waals surface area contributed by atoms with Crippen LogP contribution in [0.25, 0.3) is 0 Å². The van der Waals surface area contributed by atoms with Gasteiger partial charge in [-0.25, -0.2) is 0 Å². The van der Waals surface area contributed by atoms with E-state index in [4.69, 9.17) is 0 Å². The maximum Gasteiger partial charge on any atom is 0.293 e. The number of benzene rings is 1. The van der Waals surface area contributed by atoms with Gasteiger partial charge in [-0.1, -0.05) is 0 Å². The topological polar surface area (TPSA) is 66.7 Å². The van der Waals surface area contributed by atoms with Crippen LogP contribution in [-0.2, 0) is 0 Å². The normalized spacial score (nSPS) is 21.9. The van der Waals surface area contributed by atoms with E-state index < -0.39 is 4.92 Å². The van der Waals surface area contributed by atoms with Crippen molar-refractivity contribution in [3.05, 3.63) is 33.9 Å². The quantitative estimate of drug-likeness (QED) is 0.484. The van der Waals surface area contributed by atoms with Crippen molar-refractivity contribution < 1.29 is 9.72 Å². The Bertz CT molecular complexity index is 571. The molecule has 1 aromatic carbocycles. The van der Waals surface area contributed by atoms with Crippen molar-refractivity contribution in [2.45, 2.75) is 32.4 Å². The van der Waals surface area contributed by atoms with Gasteiger partial charge in [0.1, 0.15) is 5.69 Å². The number of Topliss-reactive ketones (excluding diaryl/α,β-unsaturated/α-hetero) is 1. The highest BCUT2D eigenvalue weighted by Crippen LogP contribution is 2.35. The van der Waals surface area contributed by atoms with E-state index in [9.17, 15) is 14.9 Å². The predicted molar refractivity (Wildman–Crippen MR) is 82.0 cm³/mol. The third kappa shape index (κ3) is 2.90. The molecule has 0 amide bonds. The van der Waals surface area contributed by atoms with Gasteiger partial charge in [-0.2, -0.15) is 0 Å². The molecule has 1 aliphatic heterocycles. The molecule has 1 aliphatic rings. The smallest absolute Gasteiger partial charge is 0.293 e. The summed E-state index contributed by atoms with van der Waals surface area (Å²) in [6.07, 6.45) is 0.972. The number of nitro benzene ring substituents is 1. The van der Waals surface area contributed by atoms with Crippen LogP contribution < -0.4 is 4.90 Å². The second kappa shape index (κ2) is 5.81.